The molecule has 76 valence electrons. The van der Waals surface area contributed by atoms with E-state index in [-0.39, 0.29) is 0 Å². The minimum atomic E-state index is 0.365. The largest absolute Gasteiger partial charge is 0.383 e. The molecule has 0 aromatic carbocycles. The maximum Gasteiger partial charge on any atom is 0.126 e. The van der Waals surface area contributed by atoms with Crippen LogP contribution in [0.1, 0.15) is 31.4 Å². The Hall–Kier alpha value is -0.570. The average molecular weight is 255 g/mol. The van der Waals surface area contributed by atoms with Crippen LogP contribution in [0.25, 0.3) is 0 Å². The van der Waals surface area contributed by atoms with E-state index in [2.05, 4.69) is 34.8 Å². The summed E-state index contributed by atoms with van der Waals surface area (Å²) in [5, 5.41) is 0. The predicted octanol–water partition coefficient (Wildman–Crippen LogP) is 2.94. The molecular formula is C11H15BrN2. The van der Waals surface area contributed by atoms with E-state index in [1.54, 1.807) is 0 Å². The molecule has 1 aromatic heterocycles. The number of hydrogen-bond donors (Lipinski definition) is 1. The standard InChI is InChI=1S/C11H15BrN2/c1-11(2)4-3-7-8(5-11)10(13)14-6-9(7)12/h6H,3-5H2,1-2H3,(H2,13,14). The summed E-state index contributed by atoms with van der Waals surface area (Å²) >= 11 is 3.54. The highest BCUT2D eigenvalue weighted by atomic mass is 79.9. The number of rotatable bonds is 0. The third-order valence-electron chi connectivity index (χ3n) is 2.99. The second-order valence-electron chi connectivity index (χ2n) is 4.79. The molecule has 1 aromatic rings. The van der Waals surface area contributed by atoms with Gasteiger partial charge in [-0.25, -0.2) is 4.98 Å². The van der Waals surface area contributed by atoms with Crippen LogP contribution in [0, 0.1) is 5.41 Å². The van der Waals surface area contributed by atoms with Gasteiger partial charge < -0.3 is 5.73 Å². The van der Waals surface area contributed by atoms with Gasteiger partial charge >= 0.3 is 0 Å². The van der Waals surface area contributed by atoms with Crippen LogP contribution in [0.3, 0.4) is 0 Å². The lowest BCUT2D eigenvalue weighted by Crippen LogP contribution is -2.24. The molecule has 0 radical (unpaired) electrons. The Morgan fingerprint density at radius 1 is 1.43 bits per heavy atom. The first-order valence-corrected chi connectivity index (χ1v) is 5.71. The van der Waals surface area contributed by atoms with Crippen LogP contribution in [0.15, 0.2) is 10.7 Å². The number of nitrogens with zero attached hydrogens (tertiary/aromatic N) is 1. The predicted molar refractivity (Wildman–Crippen MR) is 62.2 cm³/mol. The average Bonchev–Trinajstić information content (AvgIpc) is 2.10. The van der Waals surface area contributed by atoms with Gasteiger partial charge in [0.15, 0.2) is 0 Å². The Bertz CT molecular complexity index is 372. The van der Waals surface area contributed by atoms with Crippen molar-refractivity contribution in [2.75, 3.05) is 5.73 Å². The summed E-state index contributed by atoms with van der Waals surface area (Å²) in [5.74, 6) is 0.705. The lowest BCUT2D eigenvalue weighted by atomic mass is 9.75. The van der Waals surface area contributed by atoms with Gasteiger partial charge in [-0.2, -0.15) is 0 Å². The molecule has 2 nitrogen and oxygen atoms in total. The summed E-state index contributed by atoms with van der Waals surface area (Å²) in [4.78, 5) is 4.19. The van der Waals surface area contributed by atoms with E-state index >= 15 is 0 Å². The first-order chi connectivity index (χ1) is 6.49. The molecule has 0 amide bonds. The van der Waals surface area contributed by atoms with E-state index < -0.39 is 0 Å². The molecule has 0 unspecified atom stereocenters. The third-order valence-corrected chi connectivity index (χ3v) is 3.67. The van der Waals surface area contributed by atoms with Gasteiger partial charge in [0.2, 0.25) is 0 Å². The maximum absolute atomic E-state index is 5.90. The molecule has 3 heteroatoms. The summed E-state index contributed by atoms with van der Waals surface area (Å²) < 4.78 is 1.11. The third kappa shape index (κ3) is 1.65. The molecule has 0 fully saturated rings. The monoisotopic (exact) mass is 254 g/mol. The number of halogens is 1. The zero-order valence-corrected chi connectivity index (χ0v) is 10.2. The number of nitrogens with two attached hydrogens (primary N) is 1. The van der Waals surface area contributed by atoms with Crippen LogP contribution >= 0.6 is 15.9 Å². The first-order valence-electron chi connectivity index (χ1n) is 4.91. The summed E-state index contributed by atoms with van der Waals surface area (Å²) in [7, 11) is 0. The van der Waals surface area contributed by atoms with Crippen molar-refractivity contribution in [3.05, 3.63) is 21.8 Å². The quantitative estimate of drug-likeness (QED) is 0.774. The first kappa shape index (κ1) is 9.97. The number of anilines is 1. The Labute approximate surface area is 93.0 Å². The number of aromatic nitrogens is 1. The molecule has 1 aliphatic rings. The Morgan fingerprint density at radius 2 is 2.14 bits per heavy atom. The fraction of sp³-hybridized carbons (Fsp3) is 0.545. The minimum Gasteiger partial charge on any atom is -0.383 e. The Kier molecular flexibility index (Phi) is 2.30. The van der Waals surface area contributed by atoms with Crippen LogP contribution in [0.4, 0.5) is 5.82 Å². The van der Waals surface area contributed by atoms with E-state index in [4.69, 9.17) is 5.73 Å². The Morgan fingerprint density at radius 3 is 2.86 bits per heavy atom. The van der Waals surface area contributed by atoms with Crippen molar-refractivity contribution in [1.82, 2.24) is 4.98 Å². The molecular weight excluding hydrogens is 240 g/mol. The van der Waals surface area contributed by atoms with E-state index in [1.165, 1.54) is 17.5 Å². The Balaban J connectivity index is 2.51. The summed E-state index contributed by atoms with van der Waals surface area (Å²) in [6.07, 6.45) is 5.19. The highest BCUT2D eigenvalue weighted by Crippen LogP contribution is 2.39. The van der Waals surface area contributed by atoms with Gasteiger partial charge in [-0.1, -0.05) is 13.8 Å². The minimum absolute atomic E-state index is 0.365. The molecule has 1 aliphatic carbocycles. The molecule has 0 atom stereocenters. The van der Waals surface area contributed by atoms with Crippen molar-refractivity contribution in [3.63, 3.8) is 0 Å². The molecule has 2 N–H and O–H groups in total. The van der Waals surface area contributed by atoms with Crippen molar-refractivity contribution >= 4 is 21.7 Å². The molecule has 0 saturated carbocycles. The zero-order valence-electron chi connectivity index (χ0n) is 8.60. The van der Waals surface area contributed by atoms with Gasteiger partial charge in [-0.15, -0.1) is 0 Å². The van der Waals surface area contributed by atoms with E-state index in [9.17, 15) is 0 Å². The van der Waals surface area contributed by atoms with E-state index in [0.717, 1.165) is 17.3 Å². The highest BCUT2D eigenvalue weighted by Gasteiger charge is 2.28. The van der Waals surface area contributed by atoms with Crippen molar-refractivity contribution in [3.8, 4) is 0 Å². The molecule has 2 rings (SSSR count). The lowest BCUT2D eigenvalue weighted by molar-refractivity contribution is 0.315. The number of nitrogen functional groups attached to an aromatic ring is 1. The summed E-state index contributed by atoms with van der Waals surface area (Å²) in [5.41, 5.74) is 8.87. The van der Waals surface area contributed by atoms with Crippen molar-refractivity contribution in [2.24, 2.45) is 5.41 Å². The second kappa shape index (κ2) is 3.23. The fourth-order valence-electron chi connectivity index (χ4n) is 2.08. The fourth-order valence-corrected chi connectivity index (χ4v) is 2.62. The number of pyridine rings is 1. The van der Waals surface area contributed by atoms with Crippen LogP contribution in [-0.4, -0.2) is 4.98 Å². The van der Waals surface area contributed by atoms with Gasteiger partial charge in [0.25, 0.3) is 0 Å². The number of fused-ring (bicyclic) bond motifs is 1. The maximum atomic E-state index is 5.90. The number of hydrogen-bond acceptors (Lipinski definition) is 2. The van der Waals surface area contributed by atoms with Gasteiger partial charge in [-0.3, -0.25) is 0 Å². The lowest BCUT2D eigenvalue weighted by Gasteiger charge is -2.32. The smallest absolute Gasteiger partial charge is 0.126 e. The highest BCUT2D eigenvalue weighted by molar-refractivity contribution is 9.10. The van der Waals surface area contributed by atoms with Crippen molar-refractivity contribution < 1.29 is 0 Å². The van der Waals surface area contributed by atoms with Crippen LogP contribution in [-0.2, 0) is 12.8 Å². The van der Waals surface area contributed by atoms with Crippen LogP contribution < -0.4 is 5.73 Å². The normalized spacial score (nSPS) is 19.1. The molecule has 1 heterocycles. The van der Waals surface area contributed by atoms with E-state index in [0.29, 0.717) is 11.2 Å². The molecule has 0 spiro atoms. The van der Waals surface area contributed by atoms with Gasteiger partial charge in [0.1, 0.15) is 5.82 Å². The van der Waals surface area contributed by atoms with Gasteiger partial charge in [0, 0.05) is 10.7 Å². The van der Waals surface area contributed by atoms with Gasteiger partial charge in [-0.05, 0) is 51.7 Å². The molecule has 0 aliphatic heterocycles. The summed E-state index contributed by atoms with van der Waals surface area (Å²) in [6.45, 7) is 4.58. The van der Waals surface area contributed by atoms with Gasteiger partial charge in [0.05, 0.1) is 0 Å². The molecule has 14 heavy (non-hydrogen) atoms. The van der Waals surface area contributed by atoms with Crippen molar-refractivity contribution in [2.45, 2.75) is 33.1 Å². The van der Waals surface area contributed by atoms with E-state index in [1.807, 2.05) is 6.20 Å². The topological polar surface area (TPSA) is 38.9 Å². The zero-order chi connectivity index (χ0) is 10.3. The van der Waals surface area contributed by atoms with Crippen LogP contribution in [0.5, 0.6) is 0 Å². The summed E-state index contributed by atoms with van der Waals surface area (Å²) in [6, 6.07) is 0. The van der Waals surface area contributed by atoms with Crippen LogP contribution in [0.2, 0.25) is 0 Å². The molecule has 0 saturated heterocycles. The second-order valence-corrected chi connectivity index (χ2v) is 5.64. The molecule has 0 bridgehead atoms. The SMILES string of the molecule is CC1(C)CCc2c(Br)cnc(N)c2C1. The van der Waals surface area contributed by atoms with Crippen molar-refractivity contribution in [1.29, 1.82) is 0 Å².